The minimum Gasteiger partial charge on any atom is -0.497 e. The van der Waals surface area contributed by atoms with Crippen molar-refractivity contribution in [3.05, 3.63) is 81.8 Å². The molecule has 8 nitrogen and oxygen atoms in total. The maximum Gasteiger partial charge on any atom is 0.258 e. The molecule has 0 aromatic heterocycles. The zero-order valence-corrected chi connectivity index (χ0v) is 21.8. The van der Waals surface area contributed by atoms with E-state index in [-0.39, 0.29) is 20.8 Å². The molecular formula is C25H23Cl2N3O5S. The van der Waals surface area contributed by atoms with Gasteiger partial charge < -0.3 is 15.0 Å². The van der Waals surface area contributed by atoms with Crippen LogP contribution in [0.2, 0.25) is 10.0 Å². The van der Waals surface area contributed by atoms with E-state index in [1.54, 1.807) is 48.4 Å². The summed E-state index contributed by atoms with van der Waals surface area (Å²) in [6, 6.07) is 16.2. The van der Waals surface area contributed by atoms with Gasteiger partial charge in [0.05, 0.1) is 18.7 Å². The van der Waals surface area contributed by atoms with Crippen molar-refractivity contribution in [3.8, 4) is 5.75 Å². The SMILES string of the molecule is COc1ccc(C(=O)N2CCc3ccc(NC(=O)CN(C)S(=O)(=O)c4cc(Cl)ccc4Cl)cc32)cc1. The second kappa shape index (κ2) is 10.5. The van der Waals surface area contributed by atoms with Crippen LogP contribution in [0.4, 0.5) is 11.4 Å². The molecule has 11 heteroatoms. The van der Waals surface area contributed by atoms with Crippen LogP contribution >= 0.6 is 23.2 Å². The number of nitrogens with zero attached hydrogens (tertiary/aromatic N) is 2. The lowest BCUT2D eigenvalue weighted by Gasteiger charge is -2.20. The zero-order valence-electron chi connectivity index (χ0n) is 19.5. The number of halogens is 2. The van der Waals surface area contributed by atoms with Crippen molar-refractivity contribution in [3.63, 3.8) is 0 Å². The third-order valence-electron chi connectivity index (χ3n) is 5.79. The van der Waals surface area contributed by atoms with E-state index in [1.165, 1.54) is 25.2 Å². The van der Waals surface area contributed by atoms with E-state index < -0.39 is 22.5 Å². The van der Waals surface area contributed by atoms with Gasteiger partial charge in [0.1, 0.15) is 10.6 Å². The number of fused-ring (bicyclic) bond motifs is 1. The standard InChI is InChI=1S/C25H23Cl2N3O5S/c1-29(36(33,34)23-13-18(26)6-10-21(23)27)15-24(31)28-19-7-3-16-11-12-30(22(16)14-19)25(32)17-4-8-20(35-2)9-5-17/h3-10,13-14H,11-12,15H2,1-2H3,(H,28,31). The number of sulfonamides is 1. The van der Waals surface area contributed by atoms with E-state index in [9.17, 15) is 18.0 Å². The summed E-state index contributed by atoms with van der Waals surface area (Å²) < 4.78 is 31.8. The number of hydrogen-bond donors (Lipinski definition) is 1. The van der Waals surface area contributed by atoms with Crippen molar-refractivity contribution in [2.75, 3.05) is 37.5 Å². The minimum absolute atomic E-state index is 0.00639. The molecule has 3 aromatic rings. The van der Waals surface area contributed by atoms with Crippen molar-refractivity contribution >= 4 is 56.4 Å². The highest BCUT2D eigenvalue weighted by molar-refractivity contribution is 7.89. The number of benzene rings is 3. The Bertz CT molecular complexity index is 1430. The fourth-order valence-electron chi connectivity index (χ4n) is 3.89. The van der Waals surface area contributed by atoms with Crippen LogP contribution in [-0.2, 0) is 21.2 Å². The molecule has 0 atom stereocenters. The van der Waals surface area contributed by atoms with E-state index in [4.69, 9.17) is 27.9 Å². The smallest absolute Gasteiger partial charge is 0.258 e. The third kappa shape index (κ3) is 5.34. The first-order chi connectivity index (χ1) is 17.1. The number of anilines is 2. The zero-order chi connectivity index (χ0) is 26.0. The minimum atomic E-state index is -4.05. The number of nitrogens with one attached hydrogen (secondary N) is 1. The number of amides is 2. The molecule has 0 saturated heterocycles. The van der Waals surface area contributed by atoms with Crippen molar-refractivity contribution in [2.45, 2.75) is 11.3 Å². The van der Waals surface area contributed by atoms with Crippen molar-refractivity contribution < 1.29 is 22.7 Å². The van der Waals surface area contributed by atoms with Gasteiger partial charge in [0, 0.05) is 35.6 Å². The van der Waals surface area contributed by atoms with Gasteiger partial charge in [0.25, 0.3) is 5.91 Å². The first-order valence-electron chi connectivity index (χ1n) is 10.9. The number of rotatable bonds is 7. The van der Waals surface area contributed by atoms with E-state index >= 15 is 0 Å². The second-order valence-corrected chi connectivity index (χ2v) is 11.0. The molecule has 0 aliphatic carbocycles. The normalized spacial score (nSPS) is 13.0. The van der Waals surface area contributed by atoms with E-state index in [2.05, 4.69) is 5.32 Å². The van der Waals surface area contributed by atoms with Gasteiger partial charge in [-0.15, -0.1) is 0 Å². The van der Waals surface area contributed by atoms with Gasteiger partial charge in [-0.1, -0.05) is 29.3 Å². The molecular weight excluding hydrogens is 525 g/mol. The Morgan fingerprint density at radius 2 is 1.78 bits per heavy atom. The van der Waals surface area contributed by atoms with Gasteiger partial charge in [0.2, 0.25) is 15.9 Å². The predicted octanol–water partition coefficient (Wildman–Crippen LogP) is 4.46. The van der Waals surface area contributed by atoms with Gasteiger partial charge in [0.15, 0.2) is 0 Å². The maximum absolute atomic E-state index is 13.1. The Morgan fingerprint density at radius 3 is 2.47 bits per heavy atom. The number of likely N-dealkylation sites (N-methyl/N-ethyl adjacent to an activating group) is 1. The quantitative estimate of drug-likeness (QED) is 0.471. The van der Waals surface area contributed by atoms with Crippen LogP contribution in [0.15, 0.2) is 65.6 Å². The Kier molecular flexibility index (Phi) is 7.56. The molecule has 0 bridgehead atoms. The topological polar surface area (TPSA) is 96.0 Å². The maximum atomic E-state index is 13.1. The third-order valence-corrected chi connectivity index (χ3v) is 8.31. The number of carbonyl (C=O) groups is 2. The molecule has 1 aliphatic rings. The summed E-state index contributed by atoms with van der Waals surface area (Å²) in [5.74, 6) is -0.0581. The number of methoxy groups -OCH3 is 1. The lowest BCUT2D eigenvalue weighted by Crippen LogP contribution is -2.35. The number of hydrogen-bond acceptors (Lipinski definition) is 5. The van der Waals surface area contributed by atoms with Crippen LogP contribution < -0.4 is 15.0 Å². The Morgan fingerprint density at radius 1 is 1.06 bits per heavy atom. The summed E-state index contributed by atoms with van der Waals surface area (Å²) >= 11 is 12.0. The molecule has 0 spiro atoms. The lowest BCUT2D eigenvalue weighted by atomic mass is 10.1. The molecule has 36 heavy (non-hydrogen) atoms. The van der Waals surface area contributed by atoms with Gasteiger partial charge in [-0.25, -0.2) is 8.42 Å². The highest BCUT2D eigenvalue weighted by Crippen LogP contribution is 2.32. The molecule has 1 heterocycles. The monoisotopic (exact) mass is 547 g/mol. The lowest BCUT2D eigenvalue weighted by molar-refractivity contribution is -0.116. The first-order valence-corrected chi connectivity index (χ1v) is 13.1. The fourth-order valence-corrected chi connectivity index (χ4v) is 5.75. The van der Waals surface area contributed by atoms with Crippen LogP contribution in [0.25, 0.3) is 0 Å². The van der Waals surface area contributed by atoms with Crippen LogP contribution in [-0.4, -0.2) is 51.8 Å². The molecule has 0 radical (unpaired) electrons. The summed E-state index contributed by atoms with van der Waals surface area (Å²) in [6.45, 7) is 0.0652. The first kappa shape index (κ1) is 26.0. The van der Waals surface area contributed by atoms with Crippen LogP contribution in [0.5, 0.6) is 5.75 Å². The fraction of sp³-hybridized carbons (Fsp3) is 0.200. The van der Waals surface area contributed by atoms with Crippen LogP contribution in [0, 0.1) is 0 Å². The highest BCUT2D eigenvalue weighted by atomic mass is 35.5. The van der Waals surface area contributed by atoms with Crippen molar-refractivity contribution in [2.24, 2.45) is 0 Å². The van der Waals surface area contributed by atoms with Crippen molar-refractivity contribution in [1.82, 2.24) is 4.31 Å². The Hall–Kier alpha value is -3.11. The van der Waals surface area contributed by atoms with Gasteiger partial charge in [-0.05, 0) is 66.6 Å². The Labute approximate surface area is 219 Å². The Balaban J connectivity index is 1.47. The van der Waals surface area contributed by atoms with E-state index in [0.717, 1.165) is 9.87 Å². The summed E-state index contributed by atoms with van der Waals surface area (Å²) in [4.78, 5) is 27.2. The molecule has 0 saturated carbocycles. The molecule has 1 N–H and O–H groups in total. The average molecular weight is 548 g/mol. The molecule has 1 aliphatic heterocycles. The highest BCUT2D eigenvalue weighted by Gasteiger charge is 2.28. The second-order valence-electron chi connectivity index (χ2n) is 8.16. The van der Waals surface area contributed by atoms with Crippen molar-refractivity contribution in [1.29, 1.82) is 0 Å². The molecule has 2 amide bonds. The van der Waals surface area contributed by atoms with Gasteiger partial charge >= 0.3 is 0 Å². The molecule has 0 unspecified atom stereocenters. The van der Waals surface area contributed by atoms with E-state index in [1.807, 2.05) is 6.07 Å². The molecule has 3 aromatic carbocycles. The van der Waals surface area contributed by atoms with Crippen LogP contribution in [0.1, 0.15) is 15.9 Å². The summed E-state index contributed by atoms with van der Waals surface area (Å²) in [5.41, 5.74) is 2.63. The van der Waals surface area contributed by atoms with E-state index in [0.29, 0.717) is 35.7 Å². The average Bonchev–Trinajstić information content (AvgIpc) is 3.28. The van der Waals surface area contributed by atoms with Crippen LogP contribution in [0.3, 0.4) is 0 Å². The summed E-state index contributed by atoms with van der Waals surface area (Å²) in [5, 5.41) is 2.93. The number of carbonyl (C=O) groups excluding carboxylic acids is 2. The van der Waals surface area contributed by atoms with Gasteiger partial charge in [-0.3, -0.25) is 9.59 Å². The largest absolute Gasteiger partial charge is 0.497 e. The molecule has 4 rings (SSSR count). The van der Waals surface area contributed by atoms with Gasteiger partial charge in [-0.2, -0.15) is 4.31 Å². The molecule has 188 valence electrons. The summed E-state index contributed by atoms with van der Waals surface area (Å²) in [6.07, 6.45) is 0.687. The predicted molar refractivity (Wildman–Crippen MR) is 140 cm³/mol. The number of ether oxygens (including phenoxy) is 1. The summed E-state index contributed by atoms with van der Waals surface area (Å²) in [7, 11) is -1.21. The molecule has 0 fully saturated rings.